The second-order valence-corrected chi connectivity index (χ2v) is 8.32. The average Bonchev–Trinajstić information content (AvgIpc) is 3.30. The van der Waals surface area contributed by atoms with Gasteiger partial charge in [0.05, 0.1) is 21.2 Å². The molecule has 2 aromatic carbocycles. The van der Waals surface area contributed by atoms with E-state index in [4.69, 9.17) is 11.6 Å². The number of hydrogen-bond acceptors (Lipinski definition) is 4. The number of hydrogen-bond donors (Lipinski definition) is 1. The summed E-state index contributed by atoms with van der Waals surface area (Å²) in [5.74, 6) is 0.475. The number of thiazole rings is 1. The fourth-order valence-electron chi connectivity index (χ4n) is 2.74. The quantitative estimate of drug-likeness (QED) is 0.403. The third-order valence-corrected chi connectivity index (χ3v) is 5.88. The van der Waals surface area contributed by atoms with Crippen LogP contribution in [0.2, 0.25) is 5.02 Å². The molecule has 0 bridgehead atoms. The molecule has 140 valence electrons. The number of carbonyl (C=O) groups excluding carboxylic acids is 1. The van der Waals surface area contributed by atoms with Gasteiger partial charge in [0, 0.05) is 29.5 Å². The van der Waals surface area contributed by atoms with Crippen LogP contribution in [0.5, 0.6) is 0 Å². The predicted molar refractivity (Wildman–Crippen MR) is 117 cm³/mol. The predicted octanol–water partition coefficient (Wildman–Crippen LogP) is 5.88. The number of imidazole rings is 1. The second-order valence-electron chi connectivity index (χ2n) is 6.00. The molecule has 2 heterocycles. The summed E-state index contributed by atoms with van der Waals surface area (Å²) >= 11 is 10.9. The van der Waals surface area contributed by atoms with Gasteiger partial charge in [-0.05, 0) is 18.2 Å². The van der Waals surface area contributed by atoms with Crippen LogP contribution in [0.25, 0.3) is 22.0 Å². The largest absolute Gasteiger partial charge is 0.333 e. The summed E-state index contributed by atoms with van der Waals surface area (Å²) in [7, 11) is 1.93. The van der Waals surface area contributed by atoms with Crippen LogP contribution in [0.1, 0.15) is 10.4 Å². The zero-order chi connectivity index (χ0) is 19.7. The number of rotatable bonds is 4. The molecule has 28 heavy (non-hydrogen) atoms. The molecule has 0 unspecified atom stereocenters. The van der Waals surface area contributed by atoms with Crippen molar-refractivity contribution in [2.75, 3.05) is 5.32 Å². The fourth-order valence-corrected chi connectivity index (χ4v) is 4.32. The smallest absolute Gasteiger partial charge is 0.258 e. The SMILES string of the molecule is Cn1ccnc1-c1sc(NC(=O)c2cc(Br)ccc2Cl)nc1-c1ccccc1. The first kappa shape index (κ1) is 18.9. The van der Waals surface area contributed by atoms with Crippen molar-refractivity contribution in [3.05, 3.63) is 76.0 Å². The standard InChI is InChI=1S/C20H14BrClN4OS/c1-26-10-9-23-18(26)17-16(12-5-3-2-4-6-12)24-20(28-17)25-19(27)14-11-13(21)7-8-15(14)22/h2-11H,1H3,(H,24,25,27). The molecular weight excluding hydrogens is 460 g/mol. The van der Waals surface area contributed by atoms with Gasteiger partial charge in [-0.15, -0.1) is 0 Å². The molecule has 0 saturated carbocycles. The van der Waals surface area contributed by atoms with Crippen molar-refractivity contribution < 1.29 is 4.79 Å². The summed E-state index contributed by atoms with van der Waals surface area (Å²) in [6.45, 7) is 0. The van der Waals surface area contributed by atoms with Crippen LogP contribution in [-0.4, -0.2) is 20.4 Å². The molecule has 0 radical (unpaired) electrons. The first-order valence-electron chi connectivity index (χ1n) is 8.33. The molecule has 1 amide bonds. The first-order valence-corrected chi connectivity index (χ1v) is 10.3. The van der Waals surface area contributed by atoms with Gasteiger partial charge in [0.25, 0.3) is 5.91 Å². The summed E-state index contributed by atoms with van der Waals surface area (Å²) in [5, 5.41) is 3.73. The van der Waals surface area contributed by atoms with Gasteiger partial charge in [0.15, 0.2) is 11.0 Å². The minimum Gasteiger partial charge on any atom is -0.333 e. The third-order valence-electron chi connectivity index (χ3n) is 4.09. The number of amides is 1. The average molecular weight is 474 g/mol. The van der Waals surface area contributed by atoms with Crippen LogP contribution in [0, 0.1) is 0 Å². The van der Waals surface area contributed by atoms with E-state index in [2.05, 4.69) is 31.2 Å². The van der Waals surface area contributed by atoms with E-state index in [1.807, 2.05) is 48.1 Å². The maximum Gasteiger partial charge on any atom is 0.258 e. The number of aromatic nitrogens is 3. The van der Waals surface area contributed by atoms with E-state index < -0.39 is 0 Å². The topological polar surface area (TPSA) is 59.8 Å². The van der Waals surface area contributed by atoms with Gasteiger partial charge >= 0.3 is 0 Å². The lowest BCUT2D eigenvalue weighted by Gasteiger charge is -2.04. The summed E-state index contributed by atoms with van der Waals surface area (Å²) in [4.78, 5) is 22.7. The number of aryl methyl sites for hydroxylation is 1. The Kier molecular flexibility index (Phi) is 5.30. The van der Waals surface area contributed by atoms with Crippen molar-refractivity contribution in [2.24, 2.45) is 7.05 Å². The Hall–Kier alpha value is -2.48. The van der Waals surface area contributed by atoms with Gasteiger partial charge in [0.2, 0.25) is 0 Å². The number of benzene rings is 2. The maximum absolute atomic E-state index is 12.7. The molecular formula is C20H14BrClN4OS. The number of nitrogens with zero attached hydrogens (tertiary/aromatic N) is 3. The molecule has 5 nitrogen and oxygen atoms in total. The minimum atomic E-state index is -0.314. The van der Waals surface area contributed by atoms with Crippen molar-refractivity contribution >= 4 is 49.9 Å². The number of anilines is 1. The molecule has 0 atom stereocenters. The van der Waals surface area contributed by atoms with Crippen molar-refractivity contribution in [1.29, 1.82) is 0 Å². The zero-order valence-corrected chi connectivity index (χ0v) is 17.8. The van der Waals surface area contributed by atoms with Crippen LogP contribution >= 0.6 is 38.9 Å². The Balaban J connectivity index is 1.75. The zero-order valence-electron chi connectivity index (χ0n) is 14.7. The Bertz CT molecular complexity index is 1160. The van der Waals surface area contributed by atoms with Gasteiger partial charge in [-0.3, -0.25) is 10.1 Å². The molecule has 4 aromatic rings. The van der Waals surface area contributed by atoms with Crippen LogP contribution < -0.4 is 5.32 Å². The Morgan fingerprint density at radius 1 is 1.21 bits per heavy atom. The van der Waals surface area contributed by atoms with E-state index in [0.717, 1.165) is 26.4 Å². The summed E-state index contributed by atoms with van der Waals surface area (Å²) in [5.41, 5.74) is 2.11. The molecule has 0 aliphatic carbocycles. The molecule has 0 saturated heterocycles. The summed E-state index contributed by atoms with van der Waals surface area (Å²) in [6, 6.07) is 15.0. The molecule has 0 spiro atoms. The van der Waals surface area contributed by atoms with Gasteiger partial charge in [-0.2, -0.15) is 0 Å². The highest BCUT2D eigenvalue weighted by Crippen LogP contribution is 2.38. The normalized spacial score (nSPS) is 10.8. The molecule has 0 fully saturated rings. The highest BCUT2D eigenvalue weighted by molar-refractivity contribution is 9.10. The lowest BCUT2D eigenvalue weighted by atomic mass is 10.1. The van der Waals surface area contributed by atoms with Gasteiger partial charge < -0.3 is 4.57 Å². The molecule has 8 heteroatoms. The van der Waals surface area contributed by atoms with Crippen molar-refractivity contribution in [2.45, 2.75) is 0 Å². The van der Waals surface area contributed by atoms with Crippen molar-refractivity contribution in [3.8, 4) is 22.0 Å². The van der Waals surface area contributed by atoms with E-state index in [-0.39, 0.29) is 5.91 Å². The van der Waals surface area contributed by atoms with E-state index in [0.29, 0.717) is 15.7 Å². The lowest BCUT2D eigenvalue weighted by Crippen LogP contribution is -2.12. The molecule has 0 aliphatic rings. The summed E-state index contributed by atoms with van der Waals surface area (Å²) < 4.78 is 2.70. The van der Waals surface area contributed by atoms with Gasteiger partial charge in [-0.25, -0.2) is 9.97 Å². The maximum atomic E-state index is 12.7. The summed E-state index contributed by atoms with van der Waals surface area (Å²) in [6.07, 6.45) is 3.62. The minimum absolute atomic E-state index is 0.314. The van der Waals surface area contributed by atoms with E-state index in [1.165, 1.54) is 11.3 Å². The second kappa shape index (κ2) is 7.87. The van der Waals surface area contributed by atoms with E-state index in [1.54, 1.807) is 24.4 Å². The van der Waals surface area contributed by atoms with Gasteiger partial charge in [0.1, 0.15) is 0 Å². The van der Waals surface area contributed by atoms with Crippen LogP contribution in [0.15, 0.2) is 65.4 Å². The Morgan fingerprint density at radius 3 is 2.71 bits per heavy atom. The number of carbonyl (C=O) groups is 1. The molecule has 1 N–H and O–H groups in total. The monoisotopic (exact) mass is 472 g/mol. The Labute approximate surface area is 179 Å². The van der Waals surface area contributed by atoms with E-state index >= 15 is 0 Å². The molecule has 4 rings (SSSR count). The number of halogens is 2. The highest BCUT2D eigenvalue weighted by Gasteiger charge is 2.20. The third kappa shape index (κ3) is 3.73. The van der Waals surface area contributed by atoms with Gasteiger partial charge in [-0.1, -0.05) is 69.2 Å². The van der Waals surface area contributed by atoms with Crippen molar-refractivity contribution in [1.82, 2.24) is 14.5 Å². The molecule has 0 aliphatic heterocycles. The van der Waals surface area contributed by atoms with Crippen LogP contribution in [-0.2, 0) is 7.05 Å². The Morgan fingerprint density at radius 2 is 2.00 bits per heavy atom. The van der Waals surface area contributed by atoms with Crippen LogP contribution in [0.4, 0.5) is 5.13 Å². The van der Waals surface area contributed by atoms with Crippen LogP contribution in [0.3, 0.4) is 0 Å². The lowest BCUT2D eigenvalue weighted by molar-refractivity contribution is 0.102. The van der Waals surface area contributed by atoms with E-state index in [9.17, 15) is 4.79 Å². The fraction of sp³-hybridized carbons (Fsp3) is 0.0500. The highest BCUT2D eigenvalue weighted by atomic mass is 79.9. The van der Waals surface area contributed by atoms with Crippen molar-refractivity contribution in [3.63, 3.8) is 0 Å². The number of nitrogens with one attached hydrogen (secondary N) is 1. The first-order chi connectivity index (χ1) is 13.5. The molecule has 2 aromatic heterocycles.